The first kappa shape index (κ1) is 20.0. The van der Waals surface area contributed by atoms with Gasteiger partial charge >= 0.3 is 0 Å². The Morgan fingerprint density at radius 1 is 1.28 bits per heavy atom. The van der Waals surface area contributed by atoms with Gasteiger partial charge in [-0.05, 0) is 70.6 Å². The van der Waals surface area contributed by atoms with Crippen LogP contribution in [0, 0.1) is 5.82 Å². The zero-order valence-electron chi connectivity index (χ0n) is 15.6. The van der Waals surface area contributed by atoms with Gasteiger partial charge in [0.2, 0.25) is 0 Å². The van der Waals surface area contributed by atoms with Crippen molar-refractivity contribution < 1.29 is 13.5 Å². The summed E-state index contributed by atoms with van der Waals surface area (Å²) in [7, 11) is 1.66. The van der Waals surface area contributed by atoms with E-state index in [1.165, 1.54) is 12.1 Å². The molecule has 3 heterocycles. The second kappa shape index (κ2) is 8.61. The van der Waals surface area contributed by atoms with E-state index in [-0.39, 0.29) is 17.9 Å². The Labute approximate surface area is 182 Å². The third-order valence-electron chi connectivity index (χ3n) is 4.85. The molecule has 2 atom stereocenters. The standard InChI is InChI=1S/C21H19BrFN3O2S/c1-27-11-10-26-20(19(25-21(26)29)16-4-2-3-9-24-16)18-8-7-17(28-18)14-6-5-13(23)12-15(14)22/h2-9,12,19-20H,10-11H2,1H3,(H,25,29)/t19-,20+/m1/s1. The molecule has 1 fully saturated rings. The lowest BCUT2D eigenvalue weighted by Gasteiger charge is -2.25. The van der Waals surface area contributed by atoms with E-state index < -0.39 is 0 Å². The molecule has 2 aromatic heterocycles. The SMILES string of the molecule is COCCN1C(=S)N[C@H](c2ccccn2)[C@@H]1c1ccc(-c2ccc(F)cc2Br)o1. The van der Waals surface area contributed by atoms with Crippen LogP contribution < -0.4 is 5.32 Å². The number of ether oxygens (including phenoxy) is 1. The highest BCUT2D eigenvalue weighted by molar-refractivity contribution is 9.10. The van der Waals surface area contributed by atoms with E-state index in [0.29, 0.717) is 28.5 Å². The van der Waals surface area contributed by atoms with Gasteiger partial charge in [0.15, 0.2) is 5.11 Å². The van der Waals surface area contributed by atoms with Crippen molar-refractivity contribution in [3.8, 4) is 11.3 Å². The summed E-state index contributed by atoms with van der Waals surface area (Å²) >= 11 is 8.99. The number of nitrogens with one attached hydrogen (secondary N) is 1. The molecule has 1 aliphatic heterocycles. The maximum Gasteiger partial charge on any atom is 0.170 e. The summed E-state index contributed by atoms with van der Waals surface area (Å²) in [5.41, 5.74) is 1.66. The van der Waals surface area contributed by atoms with Gasteiger partial charge in [0.25, 0.3) is 0 Å². The number of furan rings is 1. The summed E-state index contributed by atoms with van der Waals surface area (Å²) in [5.74, 6) is 1.09. The highest BCUT2D eigenvalue weighted by Gasteiger charge is 2.41. The highest BCUT2D eigenvalue weighted by Crippen LogP contribution is 2.41. The van der Waals surface area contributed by atoms with E-state index in [2.05, 4.69) is 31.1 Å². The number of rotatable bonds is 6. The van der Waals surface area contributed by atoms with Crippen molar-refractivity contribution >= 4 is 33.3 Å². The maximum absolute atomic E-state index is 13.5. The molecule has 0 bridgehead atoms. The van der Waals surface area contributed by atoms with Gasteiger partial charge in [-0.25, -0.2) is 4.39 Å². The highest BCUT2D eigenvalue weighted by atomic mass is 79.9. The van der Waals surface area contributed by atoms with Crippen LogP contribution in [-0.4, -0.2) is 35.3 Å². The lowest BCUT2D eigenvalue weighted by Crippen LogP contribution is -2.32. The second-order valence-corrected chi connectivity index (χ2v) is 7.88. The largest absolute Gasteiger partial charge is 0.459 e. The van der Waals surface area contributed by atoms with E-state index in [1.807, 2.05) is 30.3 Å². The number of hydrogen-bond donors (Lipinski definition) is 1. The Kier molecular flexibility index (Phi) is 5.94. The first-order valence-corrected chi connectivity index (χ1v) is 10.3. The molecule has 1 aliphatic rings. The Hall–Kier alpha value is -2.29. The van der Waals surface area contributed by atoms with Crippen LogP contribution in [0.25, 0.3) is 11.3 Å². The number of pyridine rings is 1. The average molecular weight is 476 g/mol. The summed E-state index contributed by atoms with van der Waals surface area (Å²) in [6.07, 6.45) is 1.76. The second-order valence-electron chi connectivity index (χ2n) is 6.64. The summed E-state index contributed by atoms with van der Waals surface area (Å²) in [5, 5.41) is 3.99. The predicted octanol–water partition coefficient (Wildman–Crippen LogP) is 4.86. The van der Waals surface area contributed by atoms with E-state index in [0.717, 1.165) is 17.0 Å². The van der Waals surface area contributed by atoms with Gasteiger partial charge in [-0.1, -0.05) is 6.07 Å². The van der Waals surface area contributed by atoms with E-state index in [4.69, 9.17) is 21.4 Å². The Bertz CT molecular complexity index is 1010. The number of nitrogens with zero attached hydrogens (tertiary/aromatic N) is 2. The minimum Gasteiger partial charge on any atom is -0.459 e. The molecule has 0 spiro atoms. The Morgan fingerprint density at radius 2 is 2.14 bits per heavy atom. The summed E-state index contributed by atoms with van der Waals surface area (Å²) in [6.45, 7) is 1.15. The fraction of sp³-hybridized carbons (Fsp3) is 0.238. The summed E-state index contributed by atoms with van der Waals surface area (Å²) in [6, 6.07) is 13.8. The van der Waals surface area contributed by atoms with E-state index >= 15 is 0 Å². The molecule has 8 heteroatoms. The van der Waals surface area contributed by atoms with Crippen LogP contribution in [0.4, 0.5) is 4.39 Å². The van der Waals surface area contributed by atoms with Crippen LogP contribution in [0.3, 0.4) is 0 Å². The monoisotopic (exact) mass is 475 g/mol. The van der Waals surface area contributed by atoms with Crippen molar-refractivity contribution in [2.45, 2.75) is 12.1 Å². The molecular weight excluding hydrogens is 457 g/mol. The summed E-state index contributed by atoms with van der Waals surface area (Å²) < 4.78 is 25.6. The molecule has 0 amide bonds. The molecule has 29 heavy (non-hydrogen) atoms. The number of benzene rings is 1. The van der Waals surface area contributed by atoms with Crippen molar-refractivity contribution in [2.75, 3.05) is 20.3 Å². The third-order valence-corrected chi connectivity index (χ3v) is 5.86. The Morgan fingerprint density at radius 3 is 2.86 bits per heavy atom. The summed E-state index contributed by atoms with van der Waals surface area (Å²) in [4.78, 5) is 6.56. The number of methoxy groups -OCH3 is 1. The van der Waals surface area contributed by atoms with Crippen LogP contribution in [-0.2, 0) is 4.74 Å². The molecule has 0 radical (unpaired) electrons. The molecule has 1 aromatic carbocycles. The fourth-order valence-electron chi connectivity index (χ4n) is 3.49. The molecule has 3 aromatic rings. The fourth-order valence-corrected chi connectivity index (χ4v) is 4.37. The van der Waals surface area contributed by atoms with Crippen LogP contribution in [0.5, 0.6) is 0 Å². The van der Waals surface area contributed by atoms with Gasteiger partial charge in [-0.15, -0.1) is 0 Å². The van der Waals surface area contributed by atoms with Gasteiger partial charge < -0.3 is 19.4 Å². The molecular formula is C21H19BrFN3O2S. The van der Waals surface area contributed by atoms with Gasteiger partial charge in [-0.2, -0.15) is 0 Å². The Balaban J connectivity index is 1.72. The van der Waals surface area contributed by atoms with Gasteiger partial charge in [0.1, 0.15) is 23.4 Å². The molecule has 1 saturated heterocycles. The topological polar surface area (TPSA) is 50.5 Å². The smallest absolute Gasteiger partial charge is 0.170 e. The van der Waals surface area contributed by atoms with E-state index in [9.17, 15) is 4.39 Å². The maximum atomic E-state index is 13.5. The normalized spacial score (nSPS) is 18.9. The molecule has 150 valence electrons. The minimum absolute atomic E-state index is 0.156. The first-order valence-electron chi connectivity index (χ1n) is 9.10. The van der Waals surface area contributed by atoms with Crippen LogP contribution in [0.2, 0.25) is 0 Å². The van der Waals surface area contributed by atoms with Crippen molar-refractivity contribution in [1.82, 2.24) is 15.2 Å². The zero-order chi connectivity index (χ0) is 20.4. The van der Waals surface area contributed by atoms with Crippen molar-refractivity contribution in [3.05, 3.63) is 76.5 Å². The number of hydrogen-bond acceptors (Lipinski definition) is 4. The minimum atomic E-state index is -0.307. The molecule has 1 N–H and O–H groups in total. The van der Waals surface area contributed by atoms with Crippen molar-refractivity contribution in [3.63, 3.8) is 0 Å². The first-order chi connectivity index (χ1) is 14.1. The van der Waals surface area contributed by atoms with Crippen molar-refractivity contribution in [2.24, 2.45) is 0 Å². The molecule has 4 rings (SSSR count). The third kappa shape index (κ3) is 4.05. The van der Waals surface area contributed by atoms with Crippen LogP contribution in [0.15, 0.2) is 63.6 Å². The van der Waals surface area contributed by atoms with Crippen LogP contribution >= 0.6 is 28.1 Å². The van der Waals surface area contributed by atoms with Gasteiger partial charge in [0.05, 0.1) is 18.3 Å². The number of thiocarbonyl (C=S) groups is 1. The van der Waals surface area contributed by atoms with Crippen LogP contribution in [0.1, 0.15) is 23.5 Å². The molecule has 0 saturated carbocycles. The molecule has 5 nitrogen and oxygen atoms in total. The average Bonchev–Trinajstić information content (AvgIpc) is 3.31. The van der Waals surface area contributed by atoms with E-state index in [1.54, 1.807) is 19.4 Å². The predicted molar refractivity (Wildman–Crippen MR) is 116 cm³/mol. The zero-order valence-corrected chi connectivity index (χ0v) is 18.0. The molecule has 0 aliphatic carbocycles. The van der Waals surface area contributed by atoms with Gasteiger partial charge in [-0.3, -0.25) is 4.98 Å². The number of aromatic nitrogens is 1. The number of halogens is 2. The van der Waals surface area contributed by atoms with Gasteiger partial charge in [0, 0.05) is 29.9 Å². The lowest BCUT2D eigenvalue weighted by molar-refractivity contribution is 0.158. The van der Waals surface area contributed by atoms with Crippen molar-refractivity contribution in [1.29, 1.82) is 0 Å². The lowest BCUT2D eigenvalue weighted by atomic mass is 10.0. The quantitative estimate of drug-likeness (QED) is 0.513. The molecule has 0 unspecified atom stereocenters.